The van der Waals surface area contributed by atoms with Crippen LogP contribution in [0, 0.1) is 12.8 Å². The normalized spacial score (nSPS) is 12.0. The van der Waals surface area contributed by atoms with E-state index in [0.29, 0.717) is 17.2 Å². The summed E-state index contributed by atoms with van der Waals surface area (Å²) in [5.41, 5.74) is 1.45. The van der Waals surface area contributed by atoms with Gasteiger partial charge in [0.25, 0.3) is 0 Å². The van der Waals surface area contributed by atoms with E-state index in [0.717, 1.165) is 12.8 Å². The van der Waals surface area contributed by atoms with Gasteiger partial charge in [0, 0.05) is 11.7 Å². The molecule has 0 aliphatic carbocycles. The van der Waals surface area contributed by atoms with Crippen molar-refractivity contribution in [2.45, 2.75) is 46.6 Å². The van der Waals surface area contributed by atoms with Crippen molar-refractivity contribution in [1.29, 1.82) is 0 Å². The lowest BCUT2D eigenvalue weighted by Gasteiger charge is -2.16. The molecule has 0 aliphatic rings. The van der Waals surface area contributed by atoms with Crippen molar-refractivity contribution in [2.24, 2.45) is 5.92 Å². The highest BCUT2D eigenvalue weighted by Gasteiger charge is 2.10. The lowest BCUT2D eigenvalue weighted by Crippen LogP contribution is -2.36. The predicted molar refractivity (Wildman–Crippen MR) is 83.8 cm³/mol. The molecular weight excluding hydrogens is 268 g/mol. The standard InChI is InChI=1S/C16H24N2O3/c1-10(2)5-6-12(4)17-16(21)18-13-7-8-14(15(19)20)11(3)9-13/h7-10,12H,5-6H2,1-4H3,(H,19,20)(H2,17,18,21). The van der Waals surface area contributed by atoms with Crippen LogP contribution in [0.5, 0.6) is 0 Å². The molecule has 1 aromatic carbocycles. The largest absolute Gasteiger partial charge is 0.478 e. The van der Waals surface area contributed by atoms with Gasteiger partial charge in [-0.15, -0.1) is 0 Å². The summed E-state index contributed by atoms with van der Waals surface area (Å²) in [5.74, 6) is -0.352. The summed E-state index contributed by atoms with van der Waals surface area (Å²) >= 11 is 0. The molecule has 5 nitrogen and oxygen atoms in total. The number of benzene rings is 1. The Labute approximate surface area is 125 Å². The Morgan fingerprint density at radius 3 is 2.38 bits per heavy atom. The Bertz CT molecular complexity index is 512. The smallest absolute Gasteiger partial charge is 0.335 e. The van der Waals surface area contributed by atoms with Crippen molar-refractivity contribution in [3.8, 4) is 0 Å². The fraction of sp³-hybridized carbons (Fsp3) is 0.500. The summed E-state index contributed by atoms with van der Waals surface area (Å²) in [4.78, 5) is 22.8. The second kappa shape index (κ2) is 7.67. The molecule has 1 aromatic rings. The minimum Gasteiger partial charge on any atom is -0.478 e. The third kappa shape index (κ3) is 5.85. The van der Waals surface area contributed by atoms with Crippen LogP contribution >= 0.6 is 0 Å². The van der Waals surface area contributed by atoms with Gasteiger partial charge in [-0.05, 0) is 56.4 Å². The van der Waals surface area contributed by atoms with Gasteiger partial charge in [-0.25, -0.2) is 9.59 Å². The number of anilines is 1. The number of aromatic carboxylic acids is 1. The highest BCUT2D eigenvalue weighted by molar-refractivity contribution is 5.92. The van der Waals surface area contributed by atoms with E-state index in [2.05, 4.69) is 24.5 Å². The second-order valence-corrected chi connectivity index (χ2v) is 5.81. The van der Waals surface area contributed by atoms with Crippen LogP contribution < -0.4 is 10.6 Å². The summed E-state index contributed by atoms with van der Waals surface area (Å²) in [6.45, 7) is 7.98. The molecule has 1 unspecified atom stereocenters. The van der Waals surface area contributed by atoms with E-state index in [4.69, 9.17) is 5.11 Å². The molecule has 0 radical (unpaired) electrons. The lowest BCUT2D eigenvalue weighted by atomic mass is 10.0. The molecule has 0 bridgehead atoms. The third-order valence-corrected chi connectivity index (χ3v) is 3.27. The number of aryl methyl sites for hydroxylation is 1. The van der Waals surface area contributed by atoms with Crippen molar-refractivity contribution in [2.75, 3.05) is 5.32 Å². The fourth-order valence-corrected chi connectivity index (χ4v) is 2.03. The van der Waals surface area contributed by atoms with E-state index in [1.807, 2.05) is 6.92 Å². The van der Waals surface area contributed by atoms with E-state index in [-0.39, 0.29) is 17.6 Å². The Morgan fingerprint density at radius 2 is 1.86 bits per heavy atom. The molecule has 2 amide bonds. The number of carboxylic acids is 1. The van der Waals surface area contributed by atoms with Gasteiger partial charge in [0.15, 0.2) is 0 Å². The molecule has 1 rings (SSSR count). The third-order valence-electron chi connectivity index (χ3n) is 3.27. The van der Waals surface area contributed by atoms with Gasteiger partial charge in [0.2, 0.25) is 0 Å². The van der Waals surface area contributed by atoms with Crippen molar-refractivity contribution < 1.29 is 14.7 Å². The van der Waals surface area contributed by atoms with E-state index in [9.17, 15) is 9.59 Å². The average Bonchev–Trinajstić information content (AvgIpc) is 2.35. The molecule has 0 heterocycles. The molecule has 0 aromatic heterocycles. The molecule has 0 fully saturated rings. The first-order valence-electron chi connectivity index (χ1n) is 7.21. The molecule has 5 heteroatoms. The van der Waals surface area contributed by atoms with Crippen LogP contribution in [-0.4, -0.2) is 23.1 Å². The molecule has 0 saturated carbocycles. The van der Waals surface area contributed by atoms with E-state index in [1.54, 1.807) is 19.1 Å². The molecule has 3 N–H and O–H groups in total. The number of hydrogen-bond donors (Lipinski definition) is 3. The van der Waals surface area contributed by atoms with Crippen LogP contribution in [-0.2, 0) is 0 Å². The summed E-state index contributed by atoms with van der Waals surface area (Å²) in [7, 11) is 0. The van der Waals surface area contributed by atoms with Gasteiger partial charge >= 0.3 is 12.0 Å². The van der Waals surface area contributed by atoms with Crippen LogP contribution in [0.25, 0.3) is 0 Å². The zero-order valence-corrected chi connectivity index (χ0v) is 13.1. The summed E-state index contributed by atoms with van der Waals surface area (Å²) in [6.07, 6.45) is 2.00. The number of carbonyl (C=O) groups excluding carboxylic acids is 1. The van der Waals surface area contributed by atoms with Crippen molar-refractivity contribution >= 4 is 17.7 Å². The zero-order valence-electron chi connectivity index (χ0n) is 13.1. The first kappa shape index (κ1) is 17.0. The lowest BCUT2D eigenvalue weighted by molar-refractivity contribution is 0.0696. The van der Waals surface area contributed by atoms with Crippen LogP contribution in [0.4, 0.5) is 10.5 Å². The van der Waals surface area contributed by atoms with E-state index >= 15 is 0 Å². The quantitative estimate of drug-likeness (QED) is 0.749. The molecule has 1 atom stereocenters. The van der Waals surface area contributed by atoms with Crippen molar-refractivity contribution in [3.63, 3.8) is 0 Å². The summed E-state index contributed by atoms with van der Waals surface area (Å²) in [5, 5.41) is 14.6. The van der Waals surface area contributed by atoms with Gasteiger partial charge in [0.1, 0.15) is 0 Å². The van der Waals surface area contributed by atoms with Gasteiger partial charge in [-0.2, -0.15) is 0 Å². The maximum absolute atomic E-state index is 11.9. The highest BCUT2D eigenvalue weighted by atomic mass is 16.4. The van der Waals surface area contributed by atoms with Crippen LogP contribution in [0.3, 0.4) is 0 Å². The SMILES string of the molecule is Cc1cc(NC(=O)NC(C)CCC(C)C)ccc1C(=O)O. The molecule has 0 aliphatic heterocycles. The number of carboxylic acid groups (broad SMARTS) is 1. The maximum Gasteiger partial charge on any atom is 0.335 e. The fourth-order valence-electron chi connectivity index (χ4n) is 2.03. The van der Waals surface area contributed by atoms with Gasteiger partial charge in [0.05, 0.1) is 5.56 Å². The Morgan fingerprint density at radius 1 is 1.19 bits per heavy atom. The van der Waals surface area contributed by atoms with Crippen molar-refractivity contribution in [1.82, 2.24) is 5.32 Å². The van der Waals surface area contributed by atoms with Crippen molar-refractivity contribution in [3.05, 3.63) is 29.3 Å². The number of carbonyl (C=O) groups is 2. The number of nitrogens with one attached hydrogen (secondary N) is 2. The van der Waals surface area contributed by atoms with Gasteiger partial charge < -0.3 is 15.7 Å². The number of rotatable bonds is 6. The Hall–Kier alpha value is -2.04. The average molecular weight is 292 g/mol. The number of hydrogen-bond acceptors (Lipinski definition) is 2. The first-order chi connectivity index (χ1) is 9.79. The Balaban J connectivity index is 2.55. The molecule has 21 heavy (non-hydrogen) atoms. The Kier molecular flexibility index (Phi) is 6.21. The molecule has 116 valence electrons. The molecule has 0 saturated heterocycles. The van der Waals surface area contributed by atoms with Crippen LogP contribution in [0.2, 0.25) is 0 Å². The molecule has 0 spiro atoms. The van der Waals surface area contributed by atoms with Crippen LogP contribution in [0.15, 0.2) is 18.2 Å². The van der Waals surface area contributed by atoms with Gasteiger partial charge in [-0.3, -0.25) is 0 Å². The minimum absolute atomic E-state index is 0.104. The predicted octanol–water partition coefficient (Wildman–Crippen LogP) is 3.64. The highest BCUT2D eigenvalue weighted by Crippen LogP contribution is 2.15. The second-order valence-electron chi connectivity index (χ2n) is 5.81. The number of urea groups is 1. The van der Waals surface area contributed by atoms with Crippen LogP contribution in [0.1, 0.15) is 49.5 Å². The zero-order chi connectivity index (χ0) is 16.0. The number of amides is 2. The first-order valence-corrected chi connectivity index (χ1v) is 7.21. The summed E-state index contributed by atoms with van der Waals surface area (Å²) < 4.78 is 0. The molecular formula is C16H24N2O3. The van der Waals surface area contributed by atoms with Gasteiger partial charge in [-0.1, -0.05) is 13.8 Å². The van der Waals surface area contributed by atoms with E-state index in [1.165, 1.54) is 6.07 Å². The van der Waals surface area contributed by atoms with E-state index < -0.39 is 5.97 Å². The monoisotopic (exact) mass is 292 g/mol. The topological polar surface area (TPSA) is 78.4 Å². The summed E-state index contributed by atoms with van der Waals surface area (Å²) in [6, 6.07) is 4.58. The minimum atomic E-state index is -0.967. The maximum atomic E-state index is 11.9.